The third-order valence-corrected chi connectivity index (χ3v) is 7.31. The molecule has 4 N–H and O–H groups in total. The van der Waals surface area contributed by atoms with E-state index in [0.717, 1.165) is 5.56 Å². The van der Waals surface area contributed by atoms with Gasteiger partial charge in [0, 0.05) is 16.7 Å². The fraction of sp³-hybridized carbons (Fsp3) is 0.231. The van der Waals surface area contributed by atoms with Gasteiger partial charge in [0.2, 0.25) is 10.0 Å². The van der Waals surface area contributed by atoms with E-state index in [-0.39, 0.29) is 16.3 Å². The molecule has 182 valence electrons. The molecule has 2 atom stereocenters. The molecule has 0 saturated carbocycles. The number of hydrogen-bond donors (Lipinski definition) is 3. The smallest absolute Gasteiger partial charge is 0.278 e. The molecule has 0 aliphatic carbocycles. The van der Waals surface area contributed by atoms with Gasteiger partial charge in [0.15, 0.2) is 0 Å². The lowest BCUT2D eigenvalue weighted by Gasteiger charge is -2.42. The van der Waals surface area contributed by atoms with E-state index in [1.807, 2.05) is 6.07 Å². The van der Waals surface area contributed by atoms with Crippen molar-refractivity contribution in [3.63, 3.8) is 0 Å². The first-order chi connectivity index (χ1) is 16.5. The number of fused-ring (bicyclic) bond motifs is 1. The van der Waals surface area contributed by atoms with Gasteiger partial charge >= 0.3 is 0 Å². The van der Waals surface area contributed by atoms with Gasteiger partial charge in [-0.1, -0.05) is 42.5 Å². The molecule has 1 aliphatic rings. The Hall–Kier alpha value is -3.53. The van der Waals surface area contributed by atoms with Gasteiger partial charge in [-0.25, -0.2) is 13.1 Å². The van der Waals surface area contributed by atoms with Crippen LogP contribution in [0.25, 0.3) is 0 Å². The number of benzene rings is 3. The molecule has 4 rings (SSSR count). The van der Waals surface area contributed by atoms with Crippen LogP contribution in [0.3, 0.4) is 0 Å². The molecule has 3 aromatic carbocycles. The number of aliphatic imine (C=N–C) groups is 1. The number of carbonyl (C=O) groups excluding carboxylic acids is 1. The van der Waals surface area contributed by atoms with Crippen molar-refractivity contribution in [1.82, 2.24) is 4.72 Å². The molecule has 1 amide bonds. The summed E-state index contributed by atoms with van der Waals surface area (Å²) in [6.45, 7) is 5.12. The number of carbonyl (C=O) groups is 1. The molecule has 35 heavy (non-hydrogen) atoms. The first-order valence-corrected chi connectivity index (χ1v) is 12.5. The van der Waals surface area contributed by atoms with Crippen LogP contribution in [-0.2, 0) is 10.0 Å². The second-order valence-corrected chi connectivity index (χ2v) is 10.7. The van der Waals surface area contributed by atoms with E-state index in [2.05, 4.69) is 9.71 Å². The highest BCUT2D eigenvalue weighted by molar-refractivity contribution is 7.89. The fourth-order valence-electron chi connectivity index (χ4n) is 3.93. The number of aliphatic hydroxyl groups is 1. The number of nitrogens with zero attached hydrogens (tertiary/aromatic N) is 1. The Morgan fingerprint density at radius 1 is 1.03 bits per heavy atom. The Labute approximate surface area is 204 Å². The van der Waals surface area contributed by atoms with E-state index >= 15 is 0 Å². The first kappa shape index (κ1) is 24.6. The van der Waals surface area contributed by atoms with Gasteiger partial charge in [0.25, 0.3) is 5.91 Å². The van der Waals surface area contributed by atoms with Gasteiger partial charge in [0.1, 0.15) is 23.3 Å². The number of nitrogens with two attached hydrogens (primary N) is 1. The van der Waals surface area contributed by atoms with Gasteiger partial charge in [-0.05, 0) is 56.7 Å². The van der Waals surface area contributed by atoms with E-state index in [0.29, 0.717) is 16.9 Å². The number of amides is 1. The molecule has 8 nitrogen and oxygen atoms in total. The van der Waals surface area contributed by atoms with Crippen LogP contribution >= 0.6 is 0 Å². The number of amidine groups is 1. The van der Waals surface area contributed by atoms with Gasteiger partial charge < -0.3 is 15.6 Å². The third kappa shape index (κ3) is 5.12. The number of ether oxygens (including phenoxy) is 1. The summed E-state index contributed by atoms with van der Waals surface area (Å²) >= 11 is 0. The number of aryl methyl sites for hydroxylation is 1. The largest absolute Gasteiger partial charge is 0.485 e. The Kier molecular flexibility index (Phi) is 6.50. The summed E-state index contributed by atoms with van der Waals surface area (Å²) in [7, 11) is -3.99. The number of rotatable bonds is 5. The van der Waals surface area contributed by atoms with Crippen molar-refractivity contribution >= 4 is 21.8 Å². The molecule has 0 saturated heterocycles. The number of sulfonamides is 1. The molecule has 3 aromatic rings. The normalized spacial score (nSPS) is 19.5. The second kappa shape index (κ2) is 9.26. The molecular formula is C26H27N3O5S. The predicted octanol–water partition coefficient (Wildman–Crippen LogP) is 3.09. The van der Waals surface area contributed by atoms with Crippen molar-refractivity contribution in [1.29, 1.82) is 0 Å². The minimum Gasteiger partial charge on any atom is -0.485 e. The molecule has 0 bridgehead atoms. The summed E-state index contributed by atoms with van der Waals surface area (Å²) in [5, 5.41) is 11.0. The lowest BCUT2D eigenvalue weighted by molar-refractivity contribution is -0.0603. The summed E-state index contributed by atoms with van der Waals surface area (Å²) < 4.78 is 34.9. The highest BCUT2D eigenvalue weighted by Gasteiger charge is 2.44. The van der Waals surface area contributed by atoms with Crippen molar-refractivity contribution in [2.24, 2.45) is 10.7 Å². The van der Waals surface area contributed by atoms with E-state index < -0.39 is 33.7 Å². The average molecular weight is 494 g/mol. The lowest BCUT2D eigenvalue weighted by atomic mass is 9.86. The third-order valence-electron chi connectivity index (χ3n) is 5.87. The maximum Gasteiger partial charge on any atom is 0.278 e. The Balaban J connectivity index is 1.72. The van der Waals surface area contributed by atoms with Crippen molar-refractivity contribution in [2.75, 3.05) is 0 Å². The minimum absolute atomic E-state index is 0.0578. The second-order valence-electron chi connectivity index (χ2n) is 8.99. The van der Waals surface area contributed by atoms with E-state index in [9.17, 15) is 18.3 Å². The maximum absolute atomic E-state index is 13.2. The number of hydrogen-bond acceptors (Lipinski definition) is 5. The number of aliphatic hydroxyl groups excluding tert-OH is 1. The van der Waals surface area contributed by atoms with Gasteiger partial charge in [0.05, 0.1) is 10.9 Å². The summed E-state index contributed by atoms with van der Waals surface area (Å²) in [4.78, 5) is 16.9. The van der Waals surface area contributed by atoms with Crippen LogP contribution in [0, 0.1) is 6.92 Å². The van der Waals surface area contributed by atoms with Crippen molar-refractivity contribution in [3.05, 3.63) is 95.1 Å². The van der Waals surface area contributed by atoms with Crippen LogP contribution < -0.4 is 15.2 Å². The zero-order valence-electron chi connectivity index (χ0n) is 19.6. The van der Waals surface area contributed by atoms with Crippen molar-refractivity contribution < 1.29 is 23.1 Å². The van der Waals surface area contributed by atoms with E-state index in [4.69, 9.17) is 10.5 Å². The van der Waals surface area contributed by atoms with Crippen LogP contribution in [-0.4, -0.2) is 37.0 Å². The fourth-order valence-corrected chi connectivity index (χ4v) is 5.25. The SMILES string of the molecule is Cc1cccc(S(=O)(=O)N[C@@H]2c3cc(C(=O)N=C(N)c4ccccc4)ccc3OC(C)(C)[C@H]2O)c1. The van der Waals surface area contributed by atoms with Crippen LogP contribution in [0.2, 0.25) is 0 Å². The zero-order valence-corrected chi connectivity index (χ0v) is 20.4. The highest BCUT2D eigenvalue weighted by Crippen LogP contribution is 2.41. The summed E-state index contributed by atoms with van der Waals surface area (Å²) in [5.41, 5.74) is 6.78. The number of nitrogens with one attached hydrogen (secondary N) is 1. The van der Waals surface area contributed by atoms with Crippen LogP contribution in [0.1, 0.15) is 46.9 Å². The monoisotopic (exact) mass is 493 g/mol. The average Bonchev–Trinajstić information content (AvgIpc) is 2.82. The van der Waals surface area contributed by atoms with E-state index in [1.54, 1.807) is 69.3 Å². The van der Waals surface area contributed by atoms with Crippen LogP contribution in [0.4, 0.5) is 0 Å². The van der Waals surface area contributed by atoms with Crippen LogP contribution in [0.5, 0.6) is 5.75 Å². The summed E-state index contributed by atoms with van der Waals surface area (Å²) in [6, 6.07) is 18.8. The van der Waals surface area contributed by atoms with Crippen LogP contribution in [0.15, 0.2) is 82.7 Å². The van der Waals surface area contributed by atoms with Crippen molar-refractivity contribution in [2.45, 2.75) is 43.4 Å². The molecule has 0 spiro atoms. The molecule has 1 aliphatic heterocycles. The van der Waals surface area contributed by atoms with E-state index in [1.165, 1.54) is 18.2 Å². The standard InChI is InChI=1S/C26H27N3O5S/c1-16-8-7-11-19(14-16)35(32,33)29-22-20-15-18(12-13-21(20)34-26(2,3)23(22)30)25(31)28-24(27)17-9-5-4-6-10-17/h4-15,22-23,29-30H,1-3H3,(H2,27,28,31)/t22-,23+/m1/s1. The van der Waals surface area contributed by atoms with Gasteiger partial charge in [-0.15, -0.1) is 0 Å². The van der Waals surface area contributed by atoms with Gasteiger partial charge in [-0.2, -0.15) is 4.99 Å². The molecule has 0 radical (unpaired) electrons. The molecular weight excluding hydrogens is 466 g/mol. The summed E-state index contributed by atoms with van der Waals surface area (Å²) in [5.74, 6) is -0.190. The Bertz CT molecular complexity index is 1400. The lowest BCUT2D eigenvalue weighted by Crippen LogP contribution is -2.53. The minimum atomic E-state index is -3.99. The molecule has 0 fully saturated rings. The predicted molar refractivity (Wildman–Crippen MR) is 133 cm³/mol. The zero-order chi connectivity index (χ0) is 25.4. The highest BCUT2D eigenvalue weighted by atomic mass is 32.2. The molecule has 1 heterocycles. The Morgan fingerprint density at radius 2 is 1.74 bits per heavy atom. The maximum atomic E-state index is 13.2. The Morgan fingerprint density at radius 3 is 2.43 bits per heavy atom. The first-order valence-electron chi connectivity index (χ1n) is 11.0. The molecule has 9 heteroatoms. The molecule has 0 aromatic heterocycles. The molecule has 0 unspecified atom stereocenters. The quantitative estimate of drug-likeness (QED) is 0.370. The topological polar surface area (TPSA) is 131 Å². The van der Waals surface area contributed by atoms with Gasteiger partial charge in [-0.3, -0.25) is 4.79 Å². The summed E-state index contributed by atoms with van der Waals surface area (Å²) in [6.07, 6.45) is -1.24. The van der Waals surface area contributed by atoms with Crippen molar-refractivity contribution in [3.8, 4) is 5.75 Å².